The van der Waals surface area contributed by atoms with Crippen LogP contribution in [0.15, 0.2) is 24.3 Å². The number of Topliss-reactive ketones (excluding diaryl/α,β-unsaturated/α-hetero) is 1. The molecule has 1 saturated carbocycles. The molecule has 2 atom stereocenters. The number of likely N-dealkylation sites (tertiary alicyclic amines) is 1. The summed E-state index contributed by atoms with van der Waals surface area (Å²) in [5, 5.41) is 6.39. The lowest BCUT2D eigenvalue weighted by molar-refractivity contribution is -0.131. The number of hydrogen-bond donors (Lipinski definition) is 2. The van der Waals surface area contributed by atoms with E-state index in [4.69, 9.17) is 4.74 Å². The molecule has 7 nitrogen and oxygen atoms in total. The van der Waals surface area contributed by atoms with Gasteiger partial charge in [-0.05, 0) is 49.3 Å². The van der Waals surface area contributed by atoms with E-state index in [0.29, 0.717) is 24.6 Å². The van der Waals surface area contributed by atoms with E-state index < -0.39 is 6.04 Å². The summed E-state index contributed by atoms with van der Waals surface area (Å²) in [5.74, 6) is 0.947. The van der Waals surface area contributed by atoms with E-state index in [0.717, 1.165) is 70.4 Å². The lowest BCUT2D eigenvalue weighted by atomic mass is 9.80. The largest absolute Gasteiger partial charge is 0.381 e. The molecule has 7 heteroatoms. The van der Waals surface area contributed by atoms with Crippen molar-refractivity contribution in [1.82, 2.24) is 15.5 Å². The number of amides is 2. The number of hydrogen-bond acceptors (Lipinski definition) is 5. The molecular formula is C29H43N3O4. The van der Waals surface area contributed by atoms with Gasteiger partial charge in [0.1, 0.15) is 0 Å². The number of benzene rings is 1. The van der Waals surface area contributed by atoms with Crippen LogP contribution in [0.1, 0.15) is 80.6 Å². The first kappa shape index (κ1) is 26.8. The smallest absolute Gasteiger partial charge is 0.251 e. The maximum Gasteiger partial charge on any atom is 0.251 e. The van der Waals surface area contributed by atoms with Gasteiger partial charge in [0.25, 0.3) is 5.91 Å². The van der Waals surface area contributed by atoms with Crippen LogP contribution in [-0.4, -0.2) is 67.9 Å². The van der Waals surface area contributed by atoms with Gasteiger partial charge in [0.2, 0.25) is 5.91 Å². The van der Waals surface area contributed by atoms with Gasteiger partial charge in [0, 0.05) is 43.0 Å². The summed E-state index contributed by atoms with van der Waals surface area (Å²) in [5.41, 5.74) is 1.68. The van der Waals surface area contributed by atoms with Crippen molar-refractivity contribution >= 4 is 17.6 Å². The third-order valence-electron chi connectivity index (χ3n) is 8.09. The molecular weight excluding hydrogens is 454 g/mol. The van der Waals surface area contributed by atoms with Crippen LogP contribution in [0.2, 0.25) is 0 Å². The zero-order valence-electron chi connectivity index (χ0n) is 22.0. The van der Waals surface area contributed by atoms with E-state index in [1.807, 2.05) is 36.9 Å². The maximum atomic E-state index is 13.3. The van der Waals surface area contributed by atoms with Gasteiger partial charge >= 0.3 is 0 Å². The van der Waals surface area contributed by atoms with Crippen molar-refractivity contribution in [2.24, 2.45) is 17.8 Å². The van der Waals surface area contributed by atoms with Crippen LogP contribution in [0.4, 0.5) is 0 Å². The van der Waals surface area contributed by atoms with Crippen molar-refractivity contribution in [3.05, 3.63) is 35.4 Å². The Balaban J connectivity index is 1.37. The van der Waals surface area contributed by atoms with Crippen LogP contribution >= 0.6 is 0 Å². The average Bonchev–Trinajstić information content (AvgIpc) is 2.88. The summed E-state index contributed by atoms with van der Waals surface area (Å²) in [4.78, 5) is 41.0. The van der Waals surface area contributed by atoms with E-state index in [-0.39, 0.29) is 35.4 Å². The predicted octanol–water partition coefficient (Wildman–Crippen LogP) is 3.53. The monoisotopic (exact) mass is 497 g/mol. The minimum absolute atomic E-state index is 0.106. The number of piperidine rings is 1. The van der Waals surface area contributed by atoms with Gasteiger partial charge in [-0.2, -0.15) is 0 Å². The van der Waals surface area contributed by atoms with Crippen molar-refractivity contribution in [2.75, 3.05) is 39.4 Å². The van der Waals surface area contributed by atoms with Crippen molar-refractivity contribution < 1.29 is 19.1 Å². The van der Waals surface area contributed by atoms with Crippen LogP contribution in [0.3, 0.4) is 0 Å². The standard InChI is InChI=1S/C29H43N3O4/c1-20(2)28(34)27(22-8-4-3-5-9-22)31-29(35)24-11-6-10-23(14-24)25-12-7-13-32(17-25)26(33)16-30-15-21-18-36-19-21/h6,10-11,14,20-22,25,27,30H,3-5,7-9,12-13,15-19H2,1-2H3,(H,31,35)/t25?,27-/m1/s1. The Hall–Kier alpha value is -2.25. The van der Waals surface area contributed by atoms with Crippen LogP contribution in [0.25, 0.3) is 0 Å². The van der Waals surface area contributed by atoms with E-state index in [1.54, 1.807) is 0 Å². The lowest BCUT2D eigenvalue weighted by Gasteiger charge is -2.34. The second kappa shape index (κ2) is 12.8. The molecule has 1 aliphatic carbocycles. The summed E-state index contributed by atoms with van der Waals surface area (Å²) in [7, 11) is 0. The summed E-state index contributed by atoms with van der Waals surface area (Å²) >= 11 is 0. The third kappa shape index (κ3) is 6.94. The van der Waals surface area contributed by atoms with Gasteiger partial charge < -0.3 is 20.3 Å². The number of ketones is 1. The number of carbonyl (C=O) groups is 3. The highest BCUT2D eigenvalue weighted by atomic mass is 16.5. The average molecular weight is 498 g/mol. The van der Waals surface area contributed by atoms with Crippen LogP contribution in [-0.2, 0) is 14.3 Å². The highest BCUT2D eigenvalue weighted by molar-refractivity contribution is 5.98. The van der Waals surface area contributed by atoms with Gasteiger partial charge in [0.15, 0.2) is 5.78 Å². The quantitative estimate of drug-likeness (QED) is 0.516. The summed E-state index contributed by atoms with van der Waals surface area (Å²) < 4.78 is 5.19. The fourth-order valence-corrected chi connectivity index (χ4v) is 5.78. The fourth-order valence-electron chi connectivity index (χ4n) is 5.78. The molecule has 3 aliphatic rings. The Bertz CT molecular complexity index is 908. The molecule has 2 amide bonds. The Kier molecular flexibility index (Phi) is 9.54. The molecule has 2 aliphatic heterocycles. The molecule has 2 heterocycles. The van der Waals surface area contributed by atoms with E-state index >= 15 is 0 Å². The molecule has 3 fully saturated rings. The van der Waals surface area contributed by atoms with E-state index in [2.05, 4.69) is 16.7 Å². The second-order valence-corrected chi connectivity index (χ2v) is 11.2. The molecule has 0 aromatic heterocycles. The molecule has 2 saturated heterocycles. The Morgan fingerprint density at radius 1 is 1.06 bits per heavy atom. The first-order valence-electron chi connectivity index (χ1n) is 13.9. The van der Waals surface area contributed by atoms with Crippen molar-refractivity contribution in [1.29, 1.82) is 0 Å². The maximum absolute atomic E-state index is 13.3. The minimum atomic E-state index is -0.414. The van der Waals surface area contributed by atoms with Crippen molar-refractivity contribution in [2.45, 2.75) is 70.8 Å². The topological polar surface area (TPSA) is 87.7 Å². The molecule has 0 bridgehead atoms. The number of carbonyl (C=O) groups excluding carboxylic acids is 3. The predicted molar refractivity (Wildman–Crippen MR) is 140 cm³/mol. The van der Waals surface area contributed by atoms with Gasteiger partial charge in [0.05, 0.1) is 25.8 Å². The zero-order chi connectivity index (χ0) is 25.5. The van der Waals surface area contributed by atoms with Crippen molar-refractivity contribution in [3.63, 3.8) is 0 Å². The normalized spacial score (nSPS) is 22.2. The highest BCUT2D eigenvalue weighted by Gasteiger charge is 2.32. The number of rotatable bonds is 10. The Morgan fingerprint density at radius 2 is 1.83 bits per heavy atom. The number of nitrogens with one attached hydrogen (secondary N) is 2. The van der Waals surface area contributed by atoms with Crippen molar-refractivity contribution in [3.8, 4) is 0 Å². The first-order chi connectivity index (χ1) is 17.4. The van der Waals surface area contributed by atoms with Crippen LogP contribution in [0.5, 0.6) is 0 Å². The van der Waals surface area contributed by atoms with Gasteiger partial charge in [-0.15, -0.1) is 0 Å². The second-order valence-electron chi connectivity index (χ2n) is 11.2. The van der Waals surface area contributed by atoms with Gasteiger partial charge in [-0.3, -0.25) is 14.4 Å². The number of ether oxygens (including phenoxy) is 1. The molecule has 1 aromatic rings. The summed E-state index contributed by atoms with van der Waals surface area (Å²) in [6, 6.07) is 7.36. The molecule has 2 N–H and O–H groups in total. The lowest BCUT2D eigenvalue weighted by Crippen LogP contribution is -2.48. The highest BCUT2D eigenvalue weighted by Crippen LogP contribution is 2.30. The third-order valence-corrected chi connectivity index (χ3v) is 8.09. The van der Waals surface area contributed by atoms with E-state index in [9.17, 15) is 14.4 Å². The molecule has 4 rings (SSSR count). The van der Waals surface area contributed by atoms with Gasteiger partial charge in [-0.1, -0.05) is 45.2 Å². The number of nitrogens with zero attached hydrogens (tertiary/aromatic N) is 1. The van der Waals surface area contributed by atoms with Gasteiger partial charge in [-0.25, -0.2) is 0 Å². The Morgan fingerprint density at radius 3 is 2.53 bits per heavy atom. The molecule has 36 heavy (non-hydrogen) atoms. The summed E-state index contributed by atoms with van der Waals surface area (Å²) in [6.07, 6.45) is 7.41. The van der Waals surface area contributed by atoms with Crippen LogP contribution < -0.4 is 10.6 Å². The molecule has 1 aromatic carbocycles. The van der Waals surface area contributed by atoms with E-state index in [1.165, 1.54) is 6.42 Å². The Labute approximate surface area is 215 Å². The molecule has 0 radical (unpaired) electrons. The van der Waals surface area contributed by atoms with Crippen LogP contribution in [0, 0.1) is 17.8 Å². The molecule has 0 spiro atoms. The molecule has 1 unspecified atom stereocenters. The fraction of sp³-hybridized carbons (Fsp3) is 0.690. The zero-order valence-corrected chi connectivity index (χ0v) is 22.0. The SMILES string of the molecule is CC(C)C(=O)[C@H](NC(=O)c1cccc(C2CCCN(C(=O)CNCC3COC3)C2)c1)C1CCCCC1. The first-order valence-corrected chi connectivity index (χ1v) is 13.9. The summed E-state index contributed by atoms with van der Waals surface area (Å²) in [6.45, 7) is 8.03. The minimum Gasteiger partial charge on any atom is -0.381 e. The molecule has 198 valence electrons.